The Labute approximate surface area is 123 Å². The van der Waals surface area contributed by atoms with Crippen molar-refractivity contribution in [3.05, 3.63) is 21.9 Å². The molecule has 0 aromatic carbocycles. The highest BCUT2D eigenvalue weighted by Gasteiger charge is 2.22. The smallest absolute Gasteiger partial charge is 0.237 e. The summed E-state index contributed by atoms with van der Waals surface area (Å²) in [6, 6.07) is 2.11. The first-order valence-corrected chi connectivity index (χ1v) is 7.77. The Morgan fingerprint density at radius 3 is 3.15 bits per heavy atom. The van der Waals surface area contributed by atoms with E-state index in [0.29, 0.717) is 26.2 Å². The molecule has 0 unspecified atom stereocenters. The Bertz CT molecular complexity index is 436. The highest BCUT2D eigenvalue weighted by Crippen LogP contribution is 2.23. The van der Waals surface area contributed by atoms with Crippen molar-refractivity contribution in [1.82, 2.24) is 9.80 Å². The summed E-state index contributed by atoms with van der Waals surface area (Å²) in [6.45, 7) is 3.67. The van der Waals surface area contributed by atoms with Crippen LogP contribution in [-0.4, -0.2) is 67.3 Å². The summed E-state index contributed by atoms with van der Waals surface area (Å²) in [5, 5.41) is 11.1. The molecular weight excluding hydrogens is 276 g/mol. The van der Waals surface area contributed by atoms with Gasteiger partial charge in [-0.05, 0) is 23.4 Å². The maximum atomic E-state index is 12.3. The van der Waals surface area contributed by atoms with Crippen LogP contribution in [0.25, 0.3) is 0 Å². The number of ether oxygens (including phenoxy) is 1. The van der Waals surface area contributed by atoms with Crippen LogP contribution in [0.1, 0.15) is 10.4 Å². The molecule has 0 aliphatic carbocycles. The van der Waals surface area contributed by atoms with Gasteiger partial charge in [0, 0.05) is 38.2 Å². The average molecular weight is 298 g/mol. The normalized spacial score (nSPS) is 14.7. The number of methoxy groups -OCH3 is 1. The second kappa shape index (κ2) is 7.73. The first-order chi connectivity index (χ1) is 9.74. The highest BCUT2D eigenvalue weighted by molar-refractivity contribution is 7.10. The number of amides is 1. The van der Waals surface area contributed by atoms with Gasteiger partial charge in [0.05, 0.1) is 19.8 Å². The molecule has 1 aliphatic rings. The quantitative estimate of drug-likeness (QED) is 0.800. The molecule has 2 heterocycles. The number of hydrogen-bond donors (Lipinski definition) is 1. The number of aliphatic hydroxyl groups is 1. The Hall–Kier alpha value is -0.950. The lowest BCUT2D eigenvalue weighted by Crippen LogP contribution is -2.44. The van der Waals surface area contributed by atoms with Crippen molar-refractivity contribution in [1.29, 1.82) is 0 Å². The summed E-state index contributed by atoms with van der Waals surface area (Å²) in [7, 11) is 1.64. The van der Waals surface area contributed by atoms with E-state index >= 15 is 0 Å². The Morgan fingerprint density at radius 2 is 2.40 bits per heavy atom. The van der Waals surface area contributed by atoms with Crippen LogP contribution in [0, 0.1) is 0 Å². The molecule has 1 amide bonds. The van der Waals surface area contributed by atoms with Gasteiger partial charge >= 0.3 is 0 Å². The second-order valence-corrected chi connectivity index (χ2v) is 5.93. The van der Waals surface area contributed by atoms with Crippen molar-refractivity contribution in [2.24, 2.45) is 0 Å². The zero-order valence-corrected chi connectivity index (χ0v) is 12.7. The summed E-state index contributed by atoms with van der Waals surface area (Å²) < 4.78 is 5.03. The summed E-state index contributed by atoms with van der Waals surface area (Å²) in [5.41, 5.74) is 1.28. The lowest BCUT2D eigenvalue weighted by atomic mass is 10.1. The van der Waals surface area contributed by atoms with Crippen molar-refractivity contribution in [3.63, 3.8) is 0 Å². The van der Waals surface area contributed by atoms with E-state index in [2.05, 4.69) is 11.4 Å². The minimum atomic E-state index is 0.0612. The molecule has 20 heavy (non-hydrogen) atoms. The van der Waals surface area contributed by atoms with E-state index in [1.165, 1.54) is 10.4 Å². The molecule has 1 aliphatic heterocycles. The molecule has 5 nitrogen and oxygen atoms in total. The number of hydrogen-bond acceptors (Lipinski definition) is 5. The van der Waals surface area contributed by atoms with E-state index < -0.39 is 0 Å². The molecule has 0 saturated heterocycles. The lowest BCUT2D eigenvalue weighted by Gasteiger charge is -2.29. The zero-order valence-electron chi connectivity index (χ0n) is 11.9. The fourth-order valence-corrected chi connectivity index (χ4v) is 3.27. The number of thiophene rings is 1. The third-order valence-electron chi connectivity index (χ3n) is 3.55. The van der Waals surface area contributed by atoms with Gasteiger partial charge in [-0.15, -0.1) is 11.3 Å². The van der Waals surface area contributed by atoms with Gasteiger partial charge in [-0.25, -0.2) is 0 Å². The topological polar surface area (TPSA) is 53.0 Å². The molecule has 1 N–H and O–H groups in total. The van der Waals surface area contributed by atoms with E-state index in [0.717, 1.165) is 19.5 Å². The van der Waals surface area contributed by atoms with Gasteiger partial charge in [0.15, 0.2) is 0 Å². The molecule has 2 rings (SSSR count). The van der Waals surface area contributed by atoms with Crippen LogP contribution in [0.2, 0.25) is 0 Å². The minimum Gasteiger partial charge on any atom is -0.395 e. The maximum absolute atomic E-state index is 12.3. The predicted molar refractivity (Wildman–Crippen MR) is 78.8 cm³/mol. The maximum Gasteiger partial charge on any atom is 0.237 e. The molecule has 0 spiro atoms. The van der Waals surface area contributed by atoms with Crippen LogP contribution in [0.5, 0.6) is 0 Å². The highest BCUT2D eigenvalue weighted by atomic mass is 32.1. The largest absolute Gasteiger partial charge is 0.395 e. The molecular formula is C14H22N2O3S. The Balaban J connectivity index is 1.87. The van der Waals surface area contributed by atoms with Crippen molar-refractivity contribution in [2.75, 3.05) is 46.5 Å². The van der Waals surface area contributed by atoms with Crippen molar-refractivity contribution < 1.29 is 14.6 Å². The number of fused-ring (bicyclic) bond motifs is 1. The molecule has 1 aromatic heterocycles. The SMILES string of the molecule is COCCN(CCO)CC(=O)N1CCc2sccc2C1. The van der Waals surface area contributed by atoms with Crippen molar-refractivity contribution in [3.8, 4) is 0 Å². The Morgan fingerprint density at radius 1 is 1.55 bits per heavy atom. The van der Waals surface area contributed by atoms with Gasteiger partial charge in [-0.1, -0.05) is 0 Å². The number of aliphatic hydroxyl groups excluding tert-OH is 1. The molecule has 112 valence electrons. The van der Waals surface area contributed by atoms with E-state index in [1.807, 2.05) is 9.80 Å². The fraction of sp³-hybridized carbons (Fsp3) is 0.643. The summed E-state index contributed by atoms with van der Waals surface area (Å²) in [6.07, 6.45) is 0.955. The van der Waals surface area contributed by atoms with Gasteiger partial charge in [0.25, 0.3) is 0 Å². The number of carbonyl (C=O) groups is 1. The molecule has 0 radical (unpaired) electrons. The van der Waals surface area contributed by atoms with Gasteiger partial charge in [-0.3, -0.25) is 9.69 Å². The first-order valence-electron chi connectivity index (χ1n) is 6.89. The third-order valence-corrected chi connectivity index (χ3v) is 4.57. The molecule has 0 atom stereocenters. The average Bonchev–Trinajstić information content (AvgIpc) is 2.92. The third kappa shape index (κ3) is 4.02. The standard InChI is InChI=1S/C14H22N2O3S/c1-19-8-6-15(5-7-17)11-14(18)16-4-2-13-12(10-16)3-9-20-13/h3,9,17H,2,4-8,10-11H2,1H3. The molecule has 0 saturated carbocycles. The van der Waals surface area contributed by atoms with Crippen molar-refractivity contribution >= 4 is 17.2 Å². The first kappa shape index (κ1) is 15.4. The van der Waals surface area contributed by atoms with Crippen LogP contribution in [0.4, 0.5) is 0 Å². The van der Waals surface area contributed by atoms with Gasteiger partial charge in [-0.2, -0.15) is 0 Å². The zero-order chi connectivity index (χ0) is 14.4. The summed E-state index contributed by atoms with van der Waals surface area (Å²) >= 11 is 1.77. The monoisotopic (exact) mass is 298 g/mol. The van der Waals surface area contributed by atoms with Gasteiger partial charge in [0.2, 0.25) is 5.91 Å². The minimum absolute atomic E-state index is 0.0612. The molecule has 1 aromatic rings. The molecule has 0 fully saturated rings. The Kier molecular flexibility index (Phi) is 5.97. The predicted octanol–water partition coefficient (Wildman–Crippen LogP) is 0.573. The summed E-state index contributed by atoms with van der Waals surface area (Å²) in [5.74, 6) is 0.131. The summed E-state index contributed by atoms with van der Waals surface area (Å²) in [4.78, 5) is 17.6. The fourth-order valence-electron chi connectivity index (χ4n) is 2.38. The van der Waals surface area contributed by atoms with Crippen molar-refractivity contribution in [2.45, 2.75) is 13.0 Å². The van der Waals surface area contributed by atoms with Crippen LogP contribution >= 0.6 is 11.3 Å². The van der Waals surface area contributed by atoms with E-state index in [-0.39, 0.29) is 12.5 Å². The van der Waals surface area contributed by atoms with E-state index in [4.69, 9.17) is 9.84 Å². The van der Waals surface area contributed by atoms with Gasteiger partial charge in [0.1, 0.15) is 0 Å². The van der Waals surface area contributed by atoms with Crippen LogP contribution in [0.3, 0.4) is 0 Å². The lowest BCUT2D eigenvalue weighted by molar-refractivity contribution is -0.133. The molecule has 0 bridgehead atoms. The van der Waals surface area contributed by atoms with Crippen LogP contribution < -0.4 is 0 Å². The number of rotatable bonds is 7. The van der Waals surface area contributed by atoms with E-state index in [9.17, 15) is 4.79 Å². The number of nitrogens with zero attached hydrogens (tertiary/aromatic N) is 2. The number of carbonyl (C=O) groups excluding carboxylic acids is 1. The second-order valence-electron chi connectivity index (χ2n) is 4.93. The van der Waals surface area contributed by atoms with Crippen LogP contribution in [-0.2, 0) is 22.5 Å². The van der Waals surface area contributed by atoms with Gasteiger partial charge < -0.3 is 14.7 Å². The van der Waals surface area contributed by atoms with E-state index in [1.54, 1.807) is 18.4 Å². The van der Waals surface area contributed by atoms with Crippen LogP contribution in [0.15, 0.2) is 11.4 Å². The molecule has 6 heteroatoms.